The zero-order chi connectivity index (χ0) is 15.2. The first-order chi connectivity index (χ1) is 9.33. The molecule has 20 heavy (non-hydrogen) atoms. The first-order valence-corrected chi connectivity index (χ1v) is 5.99. The first kappa shape index (κ1) is 16.3. The van der Waals surface area contributed by atoms with Crippen LogP contribution in [0.25, 0.3) is 0 Å². The number of para-hydroxylation sites is 1. The van der Waals surface area contributed by atoms with E-state index in [1.807, 2.05) is 0 Å². The molecule has 0 spiro atoms. The second-order valence-corrected chi connectivity index (χ2v) is 4.04. The van der Waals surface area contributed by atoms with Crippen LogP contribution in [-0.2, 0) is 16.1 Å². The fourth-order valence-electron chi connectivity index (χ4n) is 1.50. The van der Waals surface area contributed by atoms with Crippen LogP contribution in [0.15, 0.2) is 24.3 Å². The summed E-state index contributed by atoms with van der Waals surface area (Å²) in [5, 5.41) is 0. The van der Waals surface area contributed by atoms with Crippen molar-refractivity contribution in [3.05, 3.63) is 29.8 Å². The fourth-order valence-corrected chi connectivity index (χ4v) is 1.50. The number of rotatable bonds is 6. The Morgan fingerprint density at radius 2 is 1.95 bits per heavy atom. The predicted molar refractivity (Wildman–Crippen MR) is 66.1 cm³/mol. The number of benzene rings is 1. The van der Waals surface area contributed by atoms with Gasteiger partial charge in [0.25, 0.3) is 0 Å². The summed E-state index contributed by atoms with van der Waals surface area (Å²) in [6.07, 6.45) is -4.76. The Bertz CT molecular complexity index is 449. The lowest BCUT2D eigenvalue weighted by atomic mass is 10.2. The van der Waals surface area contributed by atoms with Gasteiger partial charge in [0.05, 0.1) is 0 Å². The minimum atomic E-state index is -4.76. The molecule has 0 radical (unpaired) electrons. The van der Waals surface area contributed by atoms with E-state index in [0.29, 0.717) is 6.61 Å². The number of amides is 1. The monoisotopic (exact) mass is 291 g/mol. The molecule has 0 heterocycles. The number of halogens is 3. The highest BCUT2D eigenvalue weighted by Crippen LogP contribution is 2.26. The number of ether oxygens (including phenoxy) is 2. The van der Waals surface area contributed by atoms with Gasteiger partial charge in [-0.05, 0) is 13.0 Å². The van der Waals surface area contributed by atoms with Gasteiger partial charge in [0.15, 0.2) is 0 Å². The van der Waals surface area contributed by atoms with Gasteiger partial charge in [0, 0.05) is 25.8 Å². The molecule has 0 saturated carbocycles. The quantitative estimate of drug-likeness (QED) is 0.808. The molecule has 0 aromatic heterocycles. The van der Waals surface area contributed by atoms with E-state index in [1.165, 1.54) is 30.1 Å². The third kappa shape index (κ3) is 5.48. The van der Waals surface area contributed by atoms with Gasteiger partial charge in [0.1, 0.15) is 12.4 Å². The lowest BCUT2D eigenvalue weighted by Crippen LogP contribution is -2.30. The van der Waals surface area contributed by atoms with E-state index in [0.717, 1.165) is 0 Å². The van der Waals surface area contributed by atoms with Crippen molar-refractivity contribution in [3.8, 4) is 5.75 Å². The van der Waals surface area contributed by atoms with E-state index >= 15 is 0 Å². The Morgan fingerprint density at radius 1 is 1.30 bits per heavy atom. The molecular weight excluding hydrogens is 275 g/mol. The Morgan fingerprint density at radius 3 is 2.55 bits per heavy atom. The molecule has 4 nitrogen and oxygen atoms in total. The van der Waals surface area contributed by atoms with E-state index in [1.54, 1.807) is 13.0 Å². The molecule has 0 aliphatic rings. The molecule has 1 rings (SSSR count). The molecule has 1 aromatic carbocycles. The van der Waals surface area contributed by atoms with Crippen LogP contribution in [-0.4, -0.2) is 37.4 Å². The minimum absolute atomic E-state index is 0.0121. The summed E-state index contributed by atoms with van der Waals surface area (Å²) in [6, 6.07) is 5.71. The van der Waals surface area contributed by atoms with Gasteiger partial charge in [-0.3, -0.25) is 4.79 Å². The summed E-state index contributed by atoms with van der Waals surface area (Å²) in [5.74, 6) is -0.621. The molecule has 0 aliphatic heterocycles. The molecule has 0 atom stereocenters. The molecule has 0 aliphatic carbocycles. The van der Waals surface area contributed by atoms with Crippen molar-refractivity contribution in [2.24, 2.45) is 0 Å². The van der Waals surface area contributed by atoms with Crippen LogP contribution in [0.3, 0.4) is 0 Å². The predicted octanol–water partition coefficient (Wildman–Crippen LogP) is 2.58. The standard InChI is InChI=1S/C13H16F3NO3/c1-3-19-9-12(18)17(2)8-10-6-4-5-7-11(10)20-13(14,15)16/h4-7H,3,8-9H2,1-2H3. The minimum Gasteiger partial charge on any atom is -0.405 e. The number of likely N-dealkylation sites (N-methyl/N-ethyl adjacent to an activating group) is 1. The number of carbonyl (C=O) groups excluding carboxylic acids is 1. The number of alkyl halides is 3. The van der Waals surface area contributed by atoms with Crippen molar-refractivity contribution in [2.45, 2.75) is 19.8 Å². The van der Waals surface area contributed by atoms with Crippen LogP contribution < -0.4 is 4.74 Å². The van der Waals surface area contributed by atoms with Gasteiger partial charge < -0.3 is 14.4 Å². The number of hydrogen-bond donors (Lipinski definition) is 0. The van der Waals surface area contributed by atoms with E-state index < -0.39 is 6.36 Å². The molecule has 1 amide bonds. The van der Waals surface area contributed by atoms with Crippen LogP contribution in [0.4, 0.5) is 13.2 Å². The van der Waals surface area contributed by atoms with Crippen LogP contribution in [0.1, 0.15) is 12.5 Å². The summed E-state index contributed by atoms with van der Waals surface area (Å²) in [4.78, 5) is 12.9. The van der Waals surface area contributed by atoms with Crippen molar-refractivity contribution in [1.82, 2.24) is 4.90 Å². The third-order valence-corrected chi connectivity index (χ3v) is 2.46. The summed E-state index contributed by atoms with van der Waals surface area (Å²) < 4.78 is 45.7. The van der Waals surface area contributed by atoms with Gasteiger partial charge in [0.2, 0.25) is 5.91 Å². The smallest absolute Gasteiger partial charge is 0.405 e. The van der Waals surface area contributed by atoms with E-state index in [9.17, 15) is 18.0 Å². The Labute approximate surface area is 115 Å². The lowest BCUT2D eigenvalue weighted by Gasteiger charge is -2.19. The Hall–Kier alpha value is -1.76. The Balaban J connectivity index is 2.74. The van der Waals surface area contributed by atoms with Gasteiger partial charge in [-0.2, -0.15) is 0 Å². The molecule has 112 valence electrons. The molecule has 0 saturated heterocycles. The van der Waals surface area contributed by atoms with E-state index in [4.69, 9.17) is 4.74 Å². The zero-order valence-electron chi connectivity index (χ0n) is 11.2. The molecule has 0 bridgehead atoms. The number of carbonyl (C=O) groups is 1. The molecular formula is C13H16F3NO3. The van der Waals surface area contributed by atoms with Crippen LogP contribution in [0.5, 0.6) is 5.75 Å². The largest absolute Gasteiger partial charge is 0.573 e. The van der Waals surface area contributed by atoms with Crippen LogP contribution in [0, 0.1) is 0 Å². The van der Waals surface area contributed by atoms with Gasteiger partial charge in [-0.1, -0.05) is 18.2 Å². The maximum absolute atomic E-state index is 12.3. The highest BCUT2D eigenvalue weighted by Gasteiger charge is 2.32. The zero-order valence-corrected chi connectivity index (χ0v) is 11.2. The normalized spacial score (nSPS) is 11.2. The fraction of sp³-hybridized carbons (Fsp3) is 0.462. The maximum atomic E-state index is 12.3. The maximum Gasteiger partial charge on any atom is 0.573 e. The van der Waals surface area contributed by atoms with Crippen molar-refractivity contribution < 1.29 is 27.4 Å². The topological polar surface area (TPSA) is 38.8 Å². The second-order valence-electron chi connectivity index (χ2n) is 4.04. The average molecular weight is 291 g/mol. The number of hydrogen-bond acceptors (Lipinski definition) is 3. The van der Waals surface area contributed by atoms with Crippen molar-refractivity contribution in [2.75, 3.05) is 20.3 Å². The Kier molecular flexibility index (Phi) is 5.82. The summed E-state index contributed by atoms with van der Waals surface area (Å²) in [6.45, 7) is 2.06. The molecule has 1 aromatic rings. The molecule has 0 unspecified atom stereocenters. The third-order valence-electron chi connectivity index (χ3n) is 2.46. The van der Waals surface area contributed by atoms with Gasteiger partial charge >= 0.3 is 6.36 Å². The van der Waals surface area contributed by atoms with Crippen LogP contribution in [0.2, 0.25) is 0 Å². The molecule has 7 heteroatoms. The average Bonchev–Trinajstić information content (AvgIpc) is 2.36. The first-order valence-electron chi connectivity index (χ1n) is 5.99. The van der Waals surface area contributed by atoms with Gasteiger partial charge in [-0.15, -0.1) is 13.2 Å². The van der Waals surface area contributed by atoms with E-state index in [-0.39, 0.29) is 30.4 Å². The van der Waals surface area contributed by atoms with Crippen LogP contribution >= 0.6 is 0 Å². The van der Waals surface area contributed by atoms with Crippen molar-refractivity contribution in [3.63, 3.8) is 0 Å². The van der Waals surface area contributed by atoms with E-state index in [2.05, 4.69) is 4.74 Å². The molecule has 0 N–H and O–H groups in total. The highest BCUT2D eigenvalue weighted by atomic mass is 19.4. The summed E-state index contributed by atoms with van der Waals surface area (Å²) in [7, 11) is 1.49. The lowest BCUT2D eigenvalue weighted by molar-refractivity contribution is -0.275. The number of nitrogens with zero attached hydrogens (tertiary/aromatic N) is 1. The SMILES string of the molecule is CCOCC(=O)N(C)Cc1ccccc1OC(F)(F)F. The highest BCUT2D eigenvalue weighted by molar-refractivity contribution is 5.77. The summed E-state index contributed by atoms with van der Waals surface area (Å²) in [5.41, 5.74) is 0.275. The van der Waals surface area contributed by atoms with Crippen molar-refractivity contribution >= 4 is 5.91 Å². The second kappa shape index (κ2) is 7.14. The van der Waals surface area contributed by atoms with Gasteiger partial charge in [-0.25, -0.2) is 0 Å². The van der Waals surface area contributed by atoms with Crippen molar-refractivity contribution in [1.29, 1.82) is 0 Å². The summed E-state index contributed by atoms with van der Waals surface area (Å²) >= 11 is 0. The molecule has 0 fully saturated rings.